The van der Waals surface area contributed by atoms with Crippen LogP contribution < -0.4 is 15.4 Å². The van der Waals surface area contributed by atoms with Crippen molar-refractivity contribution in [1.29, 1.82) is 0 Å². The van der Waals surface area contributed by atoms with Crippen molar-refractivity contribution in [3.8, 4) is 5.88 Å². The van der Waals surface area contributed by atoms with Crippen LogP contribution in [-0.2, 0) is 16.0 Å². The van der Waals surface area contributed by atoms with E-state index in [9.17, 15) is 14.4 Å². The van der Waals surface area contributed by atoms with Gasteiger partial charge in [0.05, 0.1) is 12.7 Å². The van der Waals surface area contributed by atoms with Crippen molar-refractivity contribution in [2.75, 3.05) is 19.6 Å². The molecule has 0 bridgehead atoms. The Bertz CT molecular complexity index is 1470. The van der Waals surface area contributed by atoms with Gasteiger partial charge in [-0.05, 0) is 36.4 Å². The molecule has 1 fully saturated rings. The standard InChI is InChI=1S/C28H27ClN6O5/c29-19-4-5-23-18(13-19)14-24(40-23)28(38)34-22(15-20-3-1-2-8-31-20)27(37)33-17-26(36)35-11-6-21(7-12-35)39-25-16-30-9-10-32-25/h1-5,8-10,13-14,16,21-22H,6-7,11-12,15,17H2,(H,33,37)(H,34,38)/t22-/m0/s1. The average Bonchev–Trinajstić information content (AvgIpc) is 3.40. The second-order valence-corrected chi connectivity index (χ2v) is 9.74. The number of fused-ring (bicyclic) bond motifs is 1. The summed E-state index contributed by atoms with van der Waals surface area (Å²) in [5.74, 6) is -0.804. The molecule has 40 heavy (non-hydrogen) atoms. The monoisotopic (exact) mass is 562 g/mol. The molecule has 3 amide bonds. The second kappa shape index (κ2) is 12.6. The highest BCUT2D eigenvalue weighted by Gasteiger charge is 2.27. The molecule has 12 heteroatoms. The van der Waals surface area contributed by atoms with Gasteiger partial charge in [-0.3, -0.25) is 24.4 Å². The molecule has 2 N–H and O–H groups in total. The van der Waals surface area contributed by atoms with E-state index in [1.165, 1.54) is 0 Å². The van der Waals surface area contributed by atoms with Gasteiger partial charge >= 0.3 is 0 Å². The van der Waals surface area contributed by atoms with Gasteiger partial charge in [0.25, 0.3) is 5.91 Å². The number of hydrogen-bond donors (Lipinski definition) is 2. The van der Waals surface area contributed by atoms with Crippen molar-refractivity contribution in [3.05, 3.63) is 83.7 Å². The number of nitrogens with zero attached hydrogens (tertiary/aromatic N) is 4. The van der Waals surface area contributed by atoms with Gasteiger partial charge in [0.15, 0.2) is 5.76 Å². The molecule has 5 rings (SSSR count). The summed E-state index contributed by atoms with van der Waals surface area (Å²) in [6.45, 7) is 0.778. The Labute approximate surface area is 234 Å². The Morgan fingerprint density at radius 3 is 2.67 bits per heavy atom. The fourth-order valence-corrected chi connectivity index (χ4v) is 4.61. The largest absolute Gasteiger partial charge is 0.473 e. The molecule has 0 aliphatic carbocycles. The van der Waals surface area contributed by atoms with Crippen LogP contribution in [0.1, 0.15) is 29.1 Å². The average molecular weight is 563 g/mol. The lowest BCUT2D eigenvalue weighted by molar-refractivity contribution is -0.134. The zero-order chi connectivity index (χ0) is 27.9. The minimum absolute atomic E-state index is 0.0405. The predicted molar refractivity (Wildman–Crippen MR) is 146 cm³/mol. The summed E-state index contributed by atoms with van der Waals surface area (Å²) in [6.07, 6.45) is 7.63. The number of rotatable bonds is 9. The number of carbonyl (C=O) groups is 3. The predicted octanol–water partition coefficient (Wildman–Crippen LogP) is 2.80. The first-order valence-corrected chi connectivity index (χ1v) is 13.2. The molecule has 0 spiro atoms. The van der Waals surface area contributed by atoms with E-state index in [2.05, 4.69) is 25.6 Å². The molecule has 4 heterocycles. The van der Waals surface area contributed by atoms with Crippen LogP contribution in [0, 0.1) is 0 Å². The molecule has 0 radical (unpaired) electrons. The van der Waals surface area contributed by atoms with Crippen LogP contribution in [0.25, 0.3) is 11.0 Å². The number of furan rings is 1. The molecule has 1 aliphatic rings. The van der Waals surface area contributed by atoms with Gasteiger partial charge in [0.2, 0.25) is 17.7 Å². The number of piperidine rings is 1. The minimum Gasteiger partial charge on any atom is -0.473 e. The molecule has 3 aromatic heterocycles. The van der Waals surface area contributed by atoms with Crippen LogP contribution >= 0.6 is 11.6 Å². The van der Waals surface area contributed by atoms with Crippen LogP contribution in [-0.4, -0.2) is 69.4 Å². The maximum atomic E-state index is 13.2. The third-order valence-corrected chi connectivity index (χ3v) is 6.73. The molecule has 11 nitrogen and oxygen atoms in total. The van der Waals surface area contributed by atoms with Gasteiger partial charge < -0.3 is 24.7 Å². The van der Waals surface area contributed by atoms with Gasteiger partial charge in [-0.1, -0.05) is 17.7 Å². The topological polar surface area (TPSA) is 140 Å². The number of ether oxygens (including phenoxy) is 1. The molecule has 1 aromatic carbocycles. The van der Waals surface area contributed by atoms with E-state index in [-0.39, 0.29) is 30.7 Å². The van der Waals surface area contributed by atoms with Crippen LogP contribution in [0.5, 0.6) is 5.88 Å². The quantitative estimate of drug-likeness (QED) is 0.317. The summed E-state index contributed by atoms with van der Waals surface area (Å²) >= 11 is 6.04. The number of likely N-dealkylation sites (tertiary alicyclic amines) is 1. The number of halogens is 1. The summed E-state index contributed by atoms with van der Waals surface area (Å²) < 4.78 is 11.5. The van der Waals surface area contributed by atoms with Crippen LogP contribution in [0.15, 0.2) is 71.7 Å². The Morgan fingerprint density at radius 1 is 1.07 bits per heavy atom. The SMILES string of the molecule is O=C(N[C@@H](Cc1ccccn1)C(=O)NCC(=O)N1CCC(Oc2cnccn2)CC1)c1cc2cc(Cl)ccc2o1. The minimum atomic E-state index is -0.988. The first-order valence-electron chi connectivity index (χ1n) is 12.8. The first kappa shape index (κ1) is 27.1. The number of amides is 3. The van der Waals surface area contributed by atoms with E-state index in [1.807, 2.05) is 0 Å². The summed E-state index contributed by atoms with van der Waals surface area (Å²) in [4.78, 5) is 53.1. The molecular weight excluding hydrogens is 536 g/mol. The number of aromatic nitrogens is 3. The third-order valence-electron chi connectivity index (χ3n) is 6.50. The van der Waals surface area contributed by atoms with E-state index >= 15 is 0 Å². The third kappa shape index (κ3) is 6.92. The maximum Gasteiger partial charge on any atom is 0.287 e. The summed E-state index contributed by atoms with van der Waals surface area (Å²) in [6, 6.07) is 10.9. The molecule has 0 unspecified atom stereocenters. The number of pyridine rings is 1. The smallest absolute Gasteiger partial charge is 0.287 e. The number of benzene rings is 1. The lowest BCUT2D eigenvalue weighted by Crippen LogP contribution is -2.51. The summed E-state index contributed by atoms with van der Waals surface area (Å²) in [5, 5.41) is 6.57. The highest BCUT2D eigenvalue weighted by molar-refractivity contribution is 6.31. The second-order valence-electron chi connectivity index (χ2n) is 9.30. The molecule has 4 aromatic rings. The highest BCUT2D eigenvalue weighted by atomic mass is 35.5. The van der Waals surface area contributed by atoms with E-state index in [0.29, 0.717) is 53.5 Å². The molecule has 0 saturated carbocycles. The fourth-order valence-electron chi connectivity index (χ4n) is 4.43. The lowest BCUT2D eigenvalue weighted by Gasteiger charge is -2.32. The summed E-state index contributed by atoms with van der Waals surface area (Å²) in [7, 11) is 0. The van der Waals surface area contributed by atoms with Crippen molar-refractivity contribution in [3.63, 3.8) is 0 Å². The van der Waals surface area contributed by atoms with E-state index in [1.54, 1.807) is 72.2 Å². The summed E-state index contributed by atoms with van der Waals surface area (Å²) in [5.41, 5.74) is 1.10. The number of nitrogens with one attached hydrogen (secondary N) is 2. The van der Waals surface area contributed by atoms with Crippen LogP contribution in [0.4, 0.5) is 0 Å². The van der Waals surface area contributed by atoms with Gasteiger partial charge in [0, 0.05) is 67.0 Å². The molecule has 1 aliphatic heterocycles. The lowest BCUT2D eigenvalue weighted by atomic mass is 10.1. The van der Waals surface area contributed by atoms with Crippen molar-refractivity contribution >= 4 is 40.3 Å². The van der Waals surface area contributed by atoms with Gasteiger partial charge in [-0.15, -0.1) is 0 Å². The number of hydrogen-bond acceptors (Lipinski definition) is 8. The zero-order valence-corrected chi connectivity index (χ0v) is 22.2. The highest BCUT2D eigenvalue weighted by Crippen LogP contribution is 2.23. The Morgan fingerprint density at radius 2 is 1.93 bits per heavy atom. The van der Waals surface area contributed by atoms with Crippen molar-refractivity contribution in [1.82, 2.24) is 30.5 Å². The Hall–Kier alpha value is -4.51. The van der Waals surface area contributed by atoms with E-state index < -0.39 is 17.9 Å². The van der Waals surface area contributed by atoms with Crippen molar-refractivity contribution in [2.24, 2.45) is 0 Å². The molecule has 1 saturated heterocycles. The molecule has 1 atom stereocenters. The van der Waals surface area contributed by atoms with Gasteiger partial charge in [-0.2, -0.15) is 0 Å². The molecular formula is C28H27ClN6O5. The zero-order valence-electron chi connectivity index (χ0n) is 21.5. The van der Waals surface area contributed by atoms with Gasteiger partial charge in [0.1, 0.15) is 17.7 Å². The van der Waals surface area contributed by atoms with Crippen LogP contribution in [0.3, 0.4) is 0 Å². The first-order chi connectivity index (χ1) is 19.4. The Kier molecular flexibility index (Phi) is 8.50. The van der Waals surface area contributed by atoms with Crippen molar-refractivity contribution < 1.29 is 23.5 Å². The fraction of sp³-hybridized carbons (Fsp3) is 0.286. The Balaban J connectivity index is 1.18. The molecule has 206 valence electrons. The number of carbonyl (C=O) groups excluding carboxylic acids is 3. The normalized spacial score (nSPS) is 14.5. The van der Waals surface area contributed by atoms with E-state index in [0.717, 1.165) is 0 Å². The van der Waals surface area contributed by atoms with Gasteiger partial charge in [-0.25, -0.2) is 4.98 Å². The van der Waals surface area contributed by atoms with E-state index in [4.69, 9.17) is 20.8 Å². The maximum absolute atomic E-state index is 13.2. The van der Waals surface area contributed by atoms with Crippen molar-refractivity contribution in [2.45, 2.75) is 31.4 Å². The van der Waals surface area contributed by atoms with Crippen LogP contribution in [0.2, 0.25) is 5.02 Å².